The number of nitrogens with one attached hydrogen (secondary N) is 7. The first-order chi connectivity index (χ1) is 31.5. The number of aromatic nitrogens is 1. The molecule has 2 aliphatic heterocycles. The molecule has 1 aromatic heterocycles. The Hall–Kier alpha value is -6.58. The van der Waals surface area contributed by atoms with Crippen LogP contribution in [0.25, 0.3) is 11.1 Å². The molecule has 6 amide bonds. The molecule has 7 N–H and O–H groups in total. The fourth-order valence-corrected chi connectivity index (χ4v) is 7.51. The highest BCUT2D eigenvalue weighted by molar-refractivity contribution is 7.99. The van der Waals surface area contributed by atoms with E-state index in [-0.39, 0.29) is 18.4 Å². The number of rotatable bonds is 18. The van der Waals surface area contributed by atoms with E-state index in [0.717, 1.165) is 33.6 Å². The number of ether oxygens (including phenoxy) is 2. The molecular formula is C45H55N10O9S+. The summed E-state index contributed by atoms with van der Waals surface area (Å²) in [5.74, 6) is -1.81. The van der Waals surface area contributed by atoms with E-state index in [9.17, 15) is 28.8 Å². The summed E-state index contributed by atoms with van der Waals surface area (Å²) in [6.07, 6.45) is 3.33. The van der Waals surface area contributed by atoms with Crippen molar-refractivity contribution in [1.82, 2.24) is 31.4 Å². The van der Waals surface area contributed by atoms with E-state index in [4.69, 9.17) is 14.3 Å². The highest BCUT2D eigenvalue weighted by atomic mass is 32.2. The van der Waals surface area contributed by atoms with Gasteiger partial charge in [-0.2, -0.15) is 16.3 Å². The van der Waals surface area contributed by atoms with Gasteiger partial charge in [0.1, 0.15) is 5.56 Å². The third-order valence-electron chi connectivity index (χ3n) is 10.3. The minimum absolute atomic E-state index is 0.0205. The monoisotopic (exact) mass is 911 g/mol. The van der Waals surface area contributed by atoms with Crippen LogP contribution in [0.5, 0.6) is 0 Å². The first-order valence-corrected chi connectivity index (χ1v) is 22.4. The van der Waals surface area contributed by atoms with E-state index in [1.54, 1.807) is 66.0 Å². The van der Waals surface area contributed by atoms with Crippen molar-refractivity contribution in [1.29, 1.82) is 0 Å². The highest BCUT2D eigenvalue weighted by Crippen LogP contribution is 2.27. The van der Waals surface area contributed by atoms with Gasteiger partial charge < -0.3 is 29.9 Å². The average molecular weight is 912 g/mol. The van der Waals surface area contributed by atoms with Crippen molar-refractivity contribution in [2.75, 3.05) is 93.4 Å². The second-order valence-corrected chi connectivity index (χ2v) is 16.3. The lowest BCUT2D eigenvalue weighted by Crippen LogP contribution is -2.49. The van der Waals surface area contributed by atoms with Gasteiger partial charge in [-0.3, -0.25) is 55.3 Å². The molecule has 2 saturated heterocycles. The van der Waals surface area contributed by atoms with E-state index >= 15 is 0 Å². The Morgan fingerprint density at radius 3 is 2.00 bits per heavy atom. The summed E-state index contributed by atoms with van der Waals surface area (Å²) in [5.41, 5.74) is 20.4. The summed E-state index contributed by atoms with van der Waals surface area (Å²) in [6.45, 7) is 8.33. The van der Waals surface area contributed by atoms with Gasteiger partial charge in [0, 0.05) is 62.5 Å². The Morgan fingerprint density at radius 1 is 0.723 bits per heavy atom. The minimum atomic E-state index is -0.779. The number of morpholine rings is 2. The molecule has 20 heteroatoms. The van der Waals surface area contributed by atoms with Crippen molar-refractivity contribution in [3.05, 3.63) is 107 Å². The zero-order valence-corrected chi connectivity index (χ0v) is 37.2. The standard InChI is InChI=1S/C45H54N10O9S/c1-31-25-36(49-51-42(58)44(60)54-15-19-62-20-16-54)8-10-38(31)34-6-3-5-33(27-34)30-64-47-13-24-65-23-12-46-41(57)35-7-4-14-53(28-35)29-40(56)48-39-11-9-37(26-32(39)2)50-52-43(59)45(61)55-17-21-63-22-18-55/h3-11,14,25-28,47H,12-13,15-24,29-30H2,1-2H3,(H5-,46,48,49,50,51,52,56,57,58,59,60,61)/p+1. The lowest BCUT2D eigenvalue weighted by molar-refractivity contribution is -0.684. The molecule has 6 rings (SSSR count). The molecular weight excluding hydrogens is 857 g/mol. The van der Waals surface area contributed by atoms with Crippen LogP contribution >= 0.6 is 11.8 Å². The van der Waals surface area contributed by atoms with E-state index in [0.29, 0.717) is 101 Å². The molecule has 65 heavy (non-hydrogen) atoms. The van der Waals surface area contributed by atoms with Gasteiger partial charge in [-0.15, -0.1) is 0 Å². The minimum Gasteiger partial charge on any atom is -0.378 e. The summed E-state index contributed by atoms with van der Waals surface area (Å²) < 4.78 is 12.1. The molecule has 3 aromatic carbocycles. The van der Waals surface area contributed by atoms with Crippen LogP contribution in [-0.2, 0) is 51.4 Å². The van der Waals surface area contributed by atoms with Gasteiger partial charge in [0.25, 0.3) is 11.8 Å². The van der Waals surface area contributed by atoms with Crippen molar-refractivity contribution in [2.24, 2.45) is 0 Å². The van der Waals surface area contributed by atoms with Gasteiger partial charge >= 0.3 is 23.6 Å². The molecule has 2 fully saturated rings. The molecule has 0 spiro atoms. The number of benzene rings is 3. The number of hydrogen-bond donors (Lipinski definition) is 7. The van der Waals surface area contributed by atoms with Crippen molar-refractivity contribution >= 4 is 64.3 Å². The van der Waals surface area contributed by atoms with Crippen molar-refractivity contribution in [3.8, 4) is 11.1 Å². The molecule has 3 heterocycles. The third-order valence-corrected chi connectivity index (χ3v) is 11.2. The molecule has 0 radical (unpaired) electrons. The van der Waals surface area contributed by atoms with E-state index in [1.165, 1.54) is 9.80 Å². The predicted molar refractivity (Wildman–Crippen MR) is 244 cm³/mol. The zero-order valence-electron chi connectivity index (χ0n) is 36.4. The van der Waals surface area contributed by atoms with E-state index in [2.05, 4.69) is 43.9 Å². The average Bonchev–Trinajstić information content (AvgIpc) is 3.32. The summed E-state index contributed by atoms with van der Waals surface area (Å²) in [6, 6.07) is 22.2. The Morgan fingerprint density at radius 2 is 1.35 bits per heavy atom. The largest absolute Gasteiger partial charge is 0.378 e. The second kappa shape index (κ2) is 24.5. The van der Waals surface area contributed by atoms with Crippen LogP contribution in [-0.4, -0.2) is 122 Å². The Bertz CT molecular complexity index is 2320. The lowest BCUT2D eigenvalue weighted by atomic mass is 9.98. The number of hydrazine groups is 2. The van der Waals surface area contributed by atoms with Crippen LogP contribution in [0.2, 0.25) is 0 Å². The van der Waals surface area contributed by atoms with Crippen LogP contribution in [0.3, 0.4) is 0 Å². The Labute approximate surface area is 381 Å². The SMILES string of the molecule is Cc1cc(NNC(=O)C(=O)N2CCOCC2)ccc1NC(=O)C[n+]1cccc(C(=O)NCCSCCNOCc2cccc(-c3ccc(NNC(=O)C(=O)N4CCOCC4)cc3C)c2)c1. The first-order valence-electron chi connectivity index (χ1n) is 21.2. The number of carbonyl (C=O) groups excluding carboxylic acids is 6. The third kappa shape index (κ3) is 14.7. The summed E-state index contributed by atoms with van der Waals surface area (Å²) >= 11 is 1.67. The fourth-order valence-electron chi connectivity index (χ4n) is 6.83. The number of pyridine rings is 1. The van der Waals surface area contributed by atoms with Gasteiger partial charge in [0.2, 0.25) is 6.54 Å². The maximum absolute atomic E-state index is 12.9. The number of aryl methyl sites for hydroxylation is 2. The van der Waals surface area contributed by atoms with Gasteiger partial charge in [0.05, 0.1) is 44.4 Å². The van der Waals surface area contributed by atoms with Crippen molar-refractivity contribution < 1.29 is 47.6 Å². The lowest BCUT2D eigenvalue weighted by Gasteiger charge is -2.26. The number of thioether (sulfide) groups is 1. The van der Waals surface area contributed by atoms with Crippen LogP contribution in [0.15, 0.2) is 85.2 Å². The molecule has 0 saturated carbocycles. The zero-order chi connectivity index (χ0) is 46.0. The quantitative estimate of drug-likeness (QED) is 0.0327. The van der Waals surface area contributed by atoms with Crippen LogP contribution in [0, 0.1) is 13.8 Å². The van der Waals surface area contributed by atoms with Gasteiger partial charge in [-0.1, -0.05) is 24.3 Å². The smallest absolute Gasteiger partial charge is 0.327 e. The molecule has 0 aliphatic carbocycles. The molecule has 344 valence electrons. The van der Waals surface area contributed by atoms with Crippen molar-refractivity contribution in [2.45, 2.75) is 27.0 Å². The summed E-state index contributed by atoms with van der Waals surface area (Å²) in [7, 11) is 0. The maximum atomic E-state index is 12.9. The Kier molecular flexibility index (Phi) is 18.0. The molecule has 0 bridgehead atoms. The topological polar surface area (TPSA) is 225 Å². The molecule has 0 atom stereocenters. The summed E-state index contributed by atoms with van der Waals surface area (Å²) in [5, 5.41) is 5.80. The Balaban J connectivity index is 0.833. The predicted octanol–water partition coefficient (Wildman–Crippen LogP) is 1.68. The van der Waals surface area contributed by atoms with Crippen LogP contribution < -0.4 is 42.4 Å². The fraction of sp³-hybridized carbons (Fsp3) is 0.356. The second-order valence-electron chi connectivity index (χ2n) is 15.1. The van der Waals surface area contributed by atoms with Gasteiger partial charge in [-0.05, 0) is 84.1 Å². The molecule has 2 aliphatic rings. The maximum Gasteiger partial charge on any atom is 0.327 e. The van der Waals surface area contributed by atoms with Crippen LogP contribution in [0.4, 0.5) is 17.1 Å². The van der Waals surface area contributed by atoms with E-state index in [1.807, 2.05) is 43.3 Å². The number of amides is 6. The van der Waals surface area contributed by atoms with Crippen molar-refractivity contribution in [3.63, 3.8) is 0 Å². The molecule has 4 aromatic rings. The number of hydroxylamine groups is 1. The number of anilines is 3. The molecule has 0 unspecified atom stereocenters. The number of hydrogen-bond acceptors (Lipinski definition) is 13. The van der Waals surface area contributed by atoms with Crippen LogP contribution in [0.1, 0.15) is 27.0 Å². The highest BCUT2D eigenvalue weighted by Gasteiger charge is 2.25. The van der Waals surface area contributed by atoms with Gasteiger partial charge in [0.15, 0.2) is 12.4 Å². The van der Waals surface area contributed by atoms with E-state index < -0.39 is 23.6 Å². The number of carbonyl (C=O) groups is 6. The summed E-state index contributed by atoms with van der Waals surface area (Å²) in [4.78, 5) is 83.8. The first kappa shape index (κ1) is 47.9. The normalized spacial score (nSPS) is 13.6. The van der Waals surface area contributed by atoms with Gasteiger partial charge in [-0.25, -0.2) is 5.48 Å². The number of nitrogens with zero attached hydrogens (tertiary/aromatic N) is 3. The molecule has 19 nitrogen and oxygen atoms in total.